The smallest absolute Gasteiger partial charge is 0.338 e. The summed E-state index contributed by atoms with van der Waals surface area (Å²) in [5.41, 5.74) is 0.824. The molecule has 0 saturated carbocycles. The molecule has 1 rings (SSSR count). The van der Waals surface area contributed by atoms with E-state index in [1.165, 1.54) is 11.3 Å². The van der Waals surface area contributed by atoms with Crippen LogP contribution in [0.3, 0.4) is 0 Å². The van der Waals surface area contributed by atoms with E-state index in [-0.39, 0.29) is 18.1 Å². The maximum Gasteiger partial charge on any atom is 0.338 e. The molecule has 1 heterocycles. The number of urea groups is 1. The van der Waals surface area contributed by atoms with Crippen molar-refractivity contribution >= 4 is 28.3 Å². The molecule has 0 bridgehead atoms. The summed E-state index contributed by atoms with van der Waals surface area (Å²) in [5.74, 6) is -0.828. The fraction of sp³-hybridized carbons (Fsp3) is 0.571. The molecule has 0 radical (unpaired) electrons. The van der Waals surface area contributed by atoms with Crippen LogP contribution >= 0.6 is 11.3 Å². The van der Waals surface area contributed by atoms with Gasteiger partial charge in [0.2, 0.25) is 0 Å². The van der Waals surface area contributed by atoms with E-state index in [2.05, 4.69) is 10.6 Å². The maximum absolute atomic E-state index is 11.9. The van der Waals surface area contributed by atoms with Crippen molar-refractivity contribution in [3.8, 4) is 0 Å². The predicted molar refractivity (Wildman–Crippen MR) is 83.3 cm³/mol. The van der Waals surface area contributed by atoms with Crippen molar-refractivity contribution in [2.75, 3.05) is 18.5 Å². The molecule has 1 atom stereocenters. The number of carboxylic acids is 1. The molecule has 1 unspecified atom stereocenters. The number of thiophene rings is 1. The van der Waals surface area contributed by atoms with Gasteiger partial charge in [-0.1, -0.05) is 13.3 Å². The number of aromatic carboxylic acids is 1. The van der Waals surface area contributed by atoms with Gasteiger partial charge in [0.25, 0.3) is 0 Å². The van der Waals surface area contributed by atoms with Crippen molar-refractivity contribution in [1.82, 2.24) is 5.32 Å². The van der Waals surface area contributed by atoms with E-state index in [1.807, 2.05) is 13.8 Å². The summed E-state index contributed by atoms with van der Waals surface area (Å²) in [6, 6.07) is -0.421. The number of nitrogens with one attached hydrogen (secondary N) is 2. The molecule has 0 fully saturated rings. The van der Waals surface area contributed by atoms with Crippen LogP contribution in [0.4, 0.5) is 9.80 Å². The molecule has 0 spiro atoms. The Bertz CT molecular complexity index is 513. The predicted octanol–water partition coefficient (Wildman–Crippen LogP) is 2.59. The lowest BCUT2D eigenvalue weighted by atomic mass is 10.0. The molecule has 0 aromatic carbocycles. The number of anilines is 1. The minimum Gasteiger partial charge on any atom is -0.478 e. The Balaban J connectivity index is 2.67. The van der Waals surface area contributed by atoms with Crippen LogP contribution in [0.25, 0.3) is 0 Å². The molecule has 0 aliphatic rings. The molecule has 0 saturated heterocycles. The number of carboxylic acid groups (broad SMARTS) is 1. The zero-order valence-corrected chi connectivity index (χ0v) is 13.3. The van der Waals surface area contributed by atoms with E-state index < -0.39 is 12.0 Å². The van der Waals surface area contributed by atoms with Gasteiger partial charge in [0.15, 0.2) is 0 Å². The largest absolute Gasteiger partial charge is 0.478 e. The highest BCUT2D eigenvalue weighted by atomic mass is 32.1. The van der Waals surface area contributed by atoms with Crippen LogP contribution in [0.1, 0.15) is 40.6 Å². The van der Waals surface area contributed by atoms with Crippen LogP contribution < -0.4 is 10.6 Å². The lowest BCUT2D eigenvalue weighted by Crippen LogP contribution is -2.33. The number of rotatable bonds is 7. The van der Waals surface area contributed by atoms with Crippen LogP contribution in [0.15, 0.2) is 0 Å². The standard InChI is InChI=1S/C14H22N2O4S/c1-4-10(5-6-17)7-15-14(20)16-12-11(13(18)19)8(2)9(3)21-12/h10,17H,4-7H2,1-3H3,(H,18,19)(H2,15,16,20). The van der Waals surface area contributed by atoms with Gasteiger partial charge in [0, 0.05) is 18.0 Å². The molecule has 21 heavy (non-hydrogen) atoms. The second-order valence-electron chi connectivity index (χ2n) is 4.91. The van der Waals surface area contributed by atoms with Gasteiger partial charge < -0.3 is 15.5 Å². The third-order valence-electron chi connectivity index (χ3n) is 3.49. The van der Waals surface area contributed by atoms with Gasteiger partial charge in [0.05, 0.1) is 5.56 Å². The topological polar surface area (TPSA) is 98.7 Å². The third-order valence-corrected chi connectivity index (χ3v) is 4.61. The molecular weight excluding hydrogens is 292 g/mol. The highest BCUT2D eigenvalue weighted by molar-refractivity contribution is 7.16. The lowest BCUT2D eigenvalue weighted by Gasteiger charge is -2.14. The number of hydrogen-bond acceptors (Lipinski definition) is 4. The van der Waals surface area contributed by atoms with Crippen LogP contribution in [0.5, 0.6) is 0 Å². The van der Waals surface area contributed by atoms with Gasteiger partial charge in [-0.3, -0.25) is 5.32 Å². The Morgan fingerprint density at radius 2 is 2.00 bits per heavy atom. The van der Waals surface area contributed by atoms with Gasteiger partial charge in [-0.25, -0.2) is 9.59 Å². The quantitative estimate of drug-likeness (QED) is 0.621. The zero-order valence-electron chi connectivity index (χ0n) is 12.5. The van der Waals surface area contributed by atoms with Gasteiger partial charge in [-0.05, 0) is 31.7 Å². The van der Waals surface area contributed by atoms with Gasteiger partial charge in [-0.2, -0.15) is 0 Å². The van der Waals surface area contributed by atoms with E-state index in [4.69, 9.17) is 5.11 Å². The van der Waals surface area contributed by atoms with E-state index in [0.29, 0.717) is 23.5 Å². The minimum atomic E-state index is -1.04. The van der Waals surface area contributed by atoms with Crippen molar-refractivity contribution in [3.63, 3.8) is 0 Å². The minimum absolute atomic E-state index is 0.0915. The number of carbonyl (C=O) groups is 2. The molecule has 4 N–H and O–H groups in total. The van der Waals surface area contributed by atoms with E-state index in [9.17, 15) is 14.7 Å². The van der Waals surface area contributed by atoms with E-state index in [0.717, 1.165) is 11.3 Å². The van der Waals surface area contributed by atoms with Crippen molar-refractivity contribution in [1.29, 1.82) is 0 Å². The monoisotopic (exact) mass is 314 g/mol. The average Bonchev–Trinajstić information content (AvgIpc) is 2.69. The van der Waals surface area contributed by atoms with Crippen molar-refractivity contribution in [3.05, 3.63) is 16.0 Å². The highest BCUT2D eigenvalue weighted by Crippen LogP contribution is 2.32. The summed E-state index contributed by atoms with van der Waals surface area (Å²) in [5, 5.41) is 23.8. The van der Waals surface area contributed by atoms with Crippen LogP contribution in [0, 0.1) is 19.8 Å². The Morgan fingerprint density at radius 1 is 1.33 bits per heavy atom. The van der Waals surface area contributed by atoms with Crippen molar-refractivity contribution < 1.29 is 19.8 Å². The van der Waals surface area contributed by atoms with Crippen molar-refractivity contribution in [2.24, 2.45) is 5.92 Å². The fourth-order valence-electron chi connectivity index (χ4n) is 1.99. The normalized spacial score (nSPS) is 12.0. The van der Waals surface area contributed by atoms with Crippen LogP contribution in [0.2, 0.25) is 0 Å². The Morgan fingerprint density at radius 3 is 2.52 bits per heavy atom. The second kappa shape index (κ2) is 7.99. The molecule has 7 heteroatoms. The molecule has 2 amide bonds. The number of hydrogen-bond donors (Lipinski definition) is 4. The number of aliphatic hydroxyl groups is 1. The first-order valence-electron chi connectivity index (χ1n) is 6.89. The summed E-state index contributed by atoms with van der Waals surface area (Å²) >= 11 is 1.26. The number of aliphatic hydroxyl groups excluding tert-OH is 1. The molecule has 1 aromatic heterocycles. The molecule has 1 aromatic rings. The highest BCUT2D eigenvalue weighted by Gasteiger charge is 2.20. The number of amides is 2. The van der Waals surface area contributed by atoms with Crippen LogP contribution in [-0.4, -0.2) is 35.4 Å². The lowest BCUT2D eigenvalue weighted by molar-refractivity contribution is 0.0697. The third kappa shape index (κ3) is 4.71. The Labute approximate surface area is 128 Å². The second-order valence-corrected chi connectivity index (χ2v) is 6.14. The zero-order chi connectivity index (χ0) is 16.0. The molecule has 0 aliphatic carbocycles. The van der Waals surface area contributed by atoms with E-state index in [1.54, 1.807) is 6.92 Å². The van der Waals surface area contributed by atoms with Gasteiger partial charge in [0.1, 0.15) is 5.00 Å². The summed E-state index contributed by atoms with van der Waals surface area (Å²) in [6.07, 6.45) is 1.49. The number of aryl methyl sites for hydroxylation is 1. The Kier molecular flexibility index (Phi) is 6.64. The first-order valence-corrected chi connectivity index (χ1v) is 7.71. The molecule has 6 nitrogen and oxygen atoms in total. The summed E-state index contributed by atoms with van der Waals surface area (Å²) in [4.78, 5) is 24.0. The average molecular weight is 314 g/mol. The SMILES string of the molecule is CCC(CCO)CNC(=O)Nc1sc(C)c(C)c1C(=O)O. The van der Waals surface area contributed by atoms with Gasteiger partial charge >= 0.3 is 12.0 Å². The fourth-order valence-corrected chi connectivity index (χ4v) is 3.04. The first-order chi connectivity index (χ1) is 9.90. The Hall–Kier alpha value is -1.60. The summed E-state index contributed by atoms with van der Waals surface area (Å²) in [7, 11) is 0. The molecule has 0 aliphatic heterocycles. The van der Waals surface area contributed by atoms with Crippen molar-refractivity contribution in [2.45, 2.75) is 33.6 Å². The number of carbonyl (C=O) groups excluding carboxylic acids is 1. The van der Waals surface area contributed by atoms with Gasteiger partial charge in [-0.15, -0.1) is 11.3 Å². The molecular formula is C14H22N2O4S. The molecule has 118 valence electrons. The maximum atomic E-state index is 11.9. The summed E-state index contributed by atoms with van der Waals surface area (Å²) < 4.78 is 0. The van der Waals surface area contributed by atoms with E-state index >= 15 is 0 Å². The first kappa shape index (κ1) is 17.5. The summed E-state index contributed by atoms with van der Waals surface area (Å²) in [6.45, 7) is 6.09. The van der Waals surface area contributed by atoms with Crippen LogP contribution in [-0.2, 0) is 0 Å².